The molecule has 0 aromatic rings. The molecular formula is C10H16N2O2. The fourth-order valence-corrected chi connectivity index (χ4v) is 1.51. The Labute approximate surface area is 84.2 Å². The highest BCUT2D eigenvalue weighted by Crippen LogP contribution is 2.15. The van der Waals surface area contributed by atoms with Gasteiger partial charge in [0.25, 0.3) is 0 Å². The molecule has 1 saturated heterocycles. The first-order valence-electron chi connectivity index (χ1n) is 5.08. The molecule has 78 valence electrons. The van der Waals surface area contributed by atoms with Crippen LogP contribution in [-0.4, -0.2) is 25.2 Å². The summed E-state index contributed by atoms with van der Waals surface area (Å²) in [6.45, 7) is 1.22. The minimum atomic E-state index is -0.00727. The van der Waals surface area contributed by atoms with E-state index in [-0.39, 0.29) is 12.0 Å². The number of nitrogens with one attached hydrogen (secondary N) is 1. The van der Waals surface area contributed by atoms with Crippen LogP contribution in [0, 0.1) is 11.3 Å². The minimum Gasteiger partial charge on any atom is -0.378 e. The molecule has 0 spiro atoms. The predicted molar refractivity (Wildman–Crippen MR) is 51.4 cm³/mol. The summed E-state index contributed by atoms with van der Waals surface area (Å²) in [6, 6.07) is 1.98. The molecule has 1 N–H and O–H groups in total. The fourth-order valence-electron chi connectivity index (χ4n) is 1.51. The van der Waals surface area contributed by atoms with Gasteiger partial charge in [0.1, 0.15) is 0 Å². The molecule has 1 fully saturated rings. The van der Waals surface area contributed by atoms with E-state index >= 15 is 0 Å². The topological polar surface area (TPSA) is 62.1 Å². The van der Waals surface area contributed by atoms with Crippen molar-refractivity contribution in [1.29, 1.82) is 5.26 Å². The van der Waals surface area contributed by atoms with Crippen LogP contribution in [0.4, 0.5) is 0 Å². The number of hydrogen-bond acceptors (Lipinski definition) is 3. The lowest BCUT2D eigenvalue weighted by molar-refractivity contribution is -0.124. The van der Waals surface area contributed by atoms with Crippen molar-refractivity contribution >= 4 is 5.91 Å². The van der Waals surface area contributed by atoms with Crippen LogP contribution in [0.15, 0.2) is 0 Å². The summed E-state index contributed by atoms with van der Waals surface area (Å²) >= 11 is 0. The maximum absolute atomic E-state index is 11.3. The lowest BCUT2D eigenvalue weighted by Gasteiger charge is -2.21. The first-order valence-corrected chi connectivity index (χ1v) is 5.08. The Morgan fingerprint density at radius 1 is 1.57 bits per heavy atom. The maximum Gasteiger partial charge on any atom is 0.222 e. The van der Waals surface area contributed by atoms with Gasteiger partial charge >= 0.3 is 0 Å². The Hall–Kier alpha value is -1.08. The van der Waals surface area contributed by atoms with Crippen molar-refractivity contribution in [3.8, 4) is 6.07 Å². The average molecular weight is 196 g/mol. The van der Waals surface area contributed by atoms with E-state index in [4.69, 9.17) is 10.00 Å². The SMILES string of the molecule is N#CCCNC(=O)CC1CCCCO1. The van der Waals surface area contributed by atoms with Crippen molar-refractivity contribution in [2.45, 2.75) is 38.2 Å². The zero-order valence-corrected chi connectivity index (χ0v) is 8.29. The molecule has 1 atom stereocenters. The Bertz CT molecular complexity index is 217. The zero-order chi connectivity index (χ0) is 10.2. The van der Waals surface area contributed by atoms with Gasteiger partial charge < -0.3 is 10.1 Å². The lowest BCUT2D eigenvalue weighted by atomic mass is 10.1. The number of nitrogens with zero attached hydrogens (tertiary/aromatic N) is 1. The van der Waals surface area contributed by atoms with E-state index in [2.05, 4.69) is 5.32 Å². The van der Waals surface area contributed by atoms with Gasteiger partial charge in [0.15, 0.2) is 0 Å². The maximum atomic E-state index is 11.3. The summed E-state index contributed by atoms with van der Waals surface area (Å²) < 4.78 is 5.43. The molecule has 4 heteroatoms. The van der Waals surface area contributed by atoms with E-state index in [1.807, 2.05) is 6.07 Å². The van der Waals surface area contributed by atoms with Gasteiger partial charge in [0.2, 0.25) is 5.91 Å². The molecule has 4 nitrogen and oxygen atoms in total. The molecule has 1 amide bonds. The van der Waals surface area contributed by atoms with Crippen LogP contribution in [0.2, 0.25) is 0 Å². The van der Waals surface area contributed by atoms with Crippen molar-refractivity contribution in [2.24, 2.45) is 0 Å². The van der Waals surface area contributed by atoms with Crippen molar-refractivity contribution in [3.05, 3.63) is 0 Å². The van der Waals surface area contributed by atoms with Crippen LogP contribution in [0.5, 0.6) is 0 Å². The smallest absolute Gasteiger partial charge is 0.222 e. The van der Waals surface area contributed by atoms with Gasteiger partial charge in [-0.3, -0.25) is 4.79 Å². The minimum absolute atomic E-state index is 0.00727. The summed E-state index contributed by atoms with van der Waals surface area (Å²) in [5.74, 6) is -0.00727. The van der Waals surface area contributed by atoms with E-state index in [1.54, 1.807) is 0 Å². The van der Waals surface area contributed by atoms with Crippen LogP contribution in [0.25, 0.3) is 0 Å². The largest absolute Gasteiger partial charge is 0.378 e. The van der Waals surface area contributed by atoms with E-state index in [9.17, 15) is 4.79 Å². The monoisotopic (exact) mass is 196 g/mol. The quantitative estimate of drug-likeness (QED) is 0.682. The van der Waals surface area contributed by atoms with Crippen molar-refractivity contribution in [2.75, 3.05) is 13.2 Å². The van der Waals surface area contributed by atoms with Gasteiger partial charge in [-0.05, 0) is 19.3 Å². The molecule has 1 rings (SSSR count). The average Bonchev–Trinajstić information content (AvgIpc) is 2.20. The van der Waals surface area contributed by atoms with Crippen LogP contribution >= 0.6 is 0 Å². The number of ether oxygens (including phenoxy) is 1. The standard InChI is InChI=1S/C10H16N2O2/c11-5-3-6-12-10(13)8-9-4-1-2-7-14-9/h9H,1-4,6-8H2,(H,12,13). The van der Waals surface area contributed by atoms with E-state index < -0.39 is 0 Å². The number of hydrogen-bond donors (Lipinski definition) is 1. The van der Waals surface area contributed by atoms with Gasteiger partial charge in [-0.15, -0.1) is 0 Å². The van der Waals surface area contributed by atoms with Gasteiger partial charge in [-0.2, -0.15) is 5.26 Å². The second-order valence-corrected chi connectivity index (χ2v) is 3.45. The van der Waals surface area contributed by atoms with Crippen LogP contribution in [-0.2, 0) is 9.53 Å². The third-order valence-electron chi connectivity index (χ3n) is 2.25. The van der Waals surface area contributed by atoms with Crippen molar-refractivity contribution < 1.29 is 9.53 Å². The zero-order valence-electron chi connectivity index (χ0n) is 8.29. The van der Waals surface area contributed by atoms with E-state index in [0.29, 0.717) is 19.4 Å². The summed E-state index contributed by atoms with van der Waals surface area (Å²) in [4.78, 5) is 11.3. The molecule has 0 aliphatic carbocycles. The van der Waals surface area contributed by atoms with Crippen LogP contribution in [0.1, 0.15) is 32.1 Å². The van der Waals surface area contributed by atoms with Crippen LogP contribution in [0.3, 0.4) is 0 Å². The Kier molecular flexibility index (Phi) is 5.02. The second-order valence-electron chi connectivity index (χ2n) is 3.45. The molecule has 1 unspecified atom stereocenters. The predicted octanol–water partition coefficient (Wildman–Crippen LogP) is 0.975. The van der Waals surface area contributed by atoms with Gasteiger partial charge in [-0.25, -0.2) is 0 Å². The summed E-state index contributed by atoms with van der Waals surface area (Å²) in [5, 5.41) is 11.0. The van der Waals surface area contributed by atoms with E-state index in [1.165, 1.54) is 0 Å². The molecule has 0 aromatic heterocycles. The first-order chi connectivity index (χ1) is 6.83. The molecule has 0 saturated carbocycles. The number of amides is 1. The third kappa shape index (κ3) is 4.24. The molecule has 0 radical (unpaired) electrons. The van der Waals surface area contributed by atoms with Gasteiger partial charge in [0.05, 0.1) is 25.0 Å². The summed E-state index contributed by atoms with van der Waals surface area (Å²) in [7, 11) is 0. The Morgan fingerprint density at radius 2 is 2.43 bits per heavy atom. The highest BCUT2D eigenvalue weighted by molar-refractivity contribution is 5.76. The van der Waals surface area contributed by atoms with Gasteiger partial charge in [-0.1, -0.05) is 0 Å². The summed E-state index contributed by atoms with van der Waals surface area (Å²) in [6.07, 6.45) is 4.13. The molecule has 0 aromatic carbocycles. The normalized spacial score (nSPS) is 21.2. The first kappa shape index (κ1) is 11.0. The Morgan fingerprint density at radius 3 is 3.07 bits per heavy atom. The lowest BCUT2D eigenvalue weighted by Crippen LogP contribution is -2.30. The number of carbonyl (C=O) groups is 1. The highest BCUT2D eigenvalue weighted by atomic mass is 16.5. The molecule has 0 bridgehead atoms. The van der Waals surface area contributed by atoms with Crippen LogP contribution < -0.4 is 5.32 Å². The van der Waals surface area contributed by atoms with Crippen molar-refractivity contribution in [3.63, 3.8) is 0 Å². The third-order valence-corrected chi connectivity index (χ3v) is 2.25. The number of nitriles is 1. The summed E-state index contributed by atoms with van der Waals surface area (Å²) in [5.41, 5.74) is 0. The molecular weight excluding hydrogens is 180 g/mol. The number of rotatable bonds is 4. The fraction of sp³-hybridized carbons (Fsp3) is 0.800. The molecule has 1 aliphatic rings. The Balaban J connectivity index is 2.10. The molecule has 14 heavy (non-hydrogen) atoms. The number of carbonyl (C=O) groups excluding carboxylic acids is 1. The second kappa shape index (κ2) is 6.39. The van der Waals surface area contributed by atoms with E-state index in [0.717, 1.165) is 25.9 Å². The highest BCUT2D eigenvalue weighted by Gasteiger charge is 2.16. The molecule has 1 aliphatic heterocycles. The van der Waals surface area contributed by atoms with Crippen molar-refractivity contribution in [1.82, 2.24) is 5.32 Å². The van der Waals surface area contributed by atoms with Gasteiger partial charge in [0, 0.05) is 13.2 Å². The molecule has 1 heterocycles.